The summed E-state index contributed by atoms with van der Waals surface area (Å²) in [6, 6.07) is 7.00. The first-order chi connectivity index (χ1) is 12.5. The number of hydrogen-bond donors (Lipinski definition) is 3. The van der Waals surface area contributed by atoms with Crippen LogP contribution in [0.25, 0.3) is 0 Å². The lowest BCUT2D eigenvalue weighted by molar-refractivity contribution is -0.137. The fourth-order valence-corrected chi connectivity index (χ4v) is 1.98. The molecule has 0 aliphatic rings. The predicted octanol–water partition coefficient (Wildman–Crippen LogP) is 2.28. The zero-order chi connectivity index (χ0) is 19.4. The average molecular weight is 361 g/mol. The highest BCUT2D eigenvalue weighted by Crippen LogP contribution is 2.30. The highest BCUT2D eigenvalue weighted by Gasteiger charge is 2.10. The summed E-state index contributed by atoms with van der Waals surface area (Å²) in [5.74, 6) is -0.330. The SMILES string of the molecule is CCOc1ccc(N/C=C(/C#N)C(=O)NCCCC(=O)O)cc1OCC. The number of nitrogens with zero attached hydrogens (tertiary/aromatic N) is 1. The van der Waals surface area contributed by atoms with Gasteiger partial charge in [0.05, 0.1) is 13.2 Å². The summed E-state index contributed by atoms with van der Waals surface area (Å²) in [5.41, 5.74) is 0.510. The van der Waals surface area contributed by atoms with Crippen LogP contribution in [-0.4, -0.2) is 36.7 Å². The van der Waals surface area contributed by atoms with E-state index >= 15 is 0 Å². The van der Waals surface area contributed by atoms with Gasteiger partial charge in [0, 0.05) is 30.9 Å². The monoisotopic (exact) mass is 361 g/mol. The number of nitriles is 1. The number of amides is 1. The van der Waals surface area contributed by atoms with Gasteiger partial charge < -0.3 is 25.2 Å². The van der Waals surface area contributed by atoms with Gasteiger partial charge in [-0.15, -0.1) is 0 Å². The summed E-state index contributed by atoms with van der Waals surface area (Å²) < 4.78 is 11.0. The van der Waals surface area contributed by atoms with Gasteiger partial charge in [-0.25, -0.2) is 0 Å². The third-order valence-electron chi connectivity index (χ3n) is 3.14. The van der Waals surface area contributed by atoms with Crippen LogP contribution in [0.5, 0.6) is 11.5 Å². The largest absolute Gasteiger partial charge is 0.490 e. The molecule has 1 rings (SSSR count). The second-order valence-corrected chi connectivity index (χ2v) is 5.09. The van der Waals surface area contributed by atoms with E-state index in [9.17, 15) is 9.59 Å². The molecule has 0 aliphatic carbocycles. The molecule has 8 heteroatoms. The van der Waals surface area contributed by atoms with E-state index in [2.05, 4.69) is 10.6 Å². The number of rotatable bonds is 11. The van der Waals surface area contributed by atoms with Crippen LogP contribution in [-0.2, 0) is 9.59 Å². The maximum Gasteiger partial charge on any atom is 0.303 e. The molecule has 1 aromatic carbocycles. The summed E-state index contributed by atoms with van der Waals surface area (Å²) in [5, 5.41) is 23.1. The quantitative estimate of drug-likeness (QED) is 0.314. The Balaban J connectivity index is 2.73. The molecule has 0 aliphatic heterocycles. The number of carboxylic acids is 1. The summed E-state index contributed by atoms with van der Waals surface area (Å²) in [6.45, 7) is 4.90. The summed E-state index contributed by atoms with van der Waals surface area (Å²) >= 11 is 0. The van der Waals surface area contributed by atoms with E-state index < -0.39 is 11.9 Å². The van der Waals surface area contributed by atoms with Crippen molar-refractivity contribution in [3.8, 4) is 17.6 Å². The average Bonchev–Trinajstić information content (AvgIpc) is 2.61. The maximum atomic E-state index is 11.9. The van der Waals surface area contributed by atoms with Gasteiger partial charge >= 0.3 is 5.97 Å². The summed E-state index contributed by atoms with van der Waals surface area (Å²) in [6.07, 6.45) is 1.54. The second-order valence-electron chi connectivity index (χ2n) is 5.09. The lowest BCUT2D eigenvalue weighted by Gasteiger charge is -2.12. The molecule has 1 amide bonds. The standard InChI is InChI=1S/C18H23N3O5/c1-3-25-15-8-7-14(10-16(15)26-4-2)21-12-13(11-19)18(24)20-9-5-6-17(22)23/h7-8,10,12,21H,3-6,9H2,1-2H3,(H,20,24)(H,22,23)/b13-12-. The lowest BCUT2D eigenvalue weighted by Crippen LogP contribution is -2.26. The number of hydrogen-bond acceptors (Lipinski definition) is 6. The number of benzene rings is 1. The van der Waals surface area contributed by atoms with Crippen molar-refractivity contribution >= 4 is 17.6 Å². The zero-order valence-corrected chi connectivity index (χ0v) is 14.9. The molecule has 0 spiro atoms. The minimum atomic E-state index is -0.933. The van der Waals surface area contributed by atoms with Crippen molar-refractivity contribution in [3.05, 3.63) is 30.0 Å². The topological polar surface area (TPSA) is 121 Å². The third-order valence-corrected chi connectivity index (χ3v) is 3.14. The molecule has 0 heterocycles. The highest BCUT2D eigenvalue weighted by molar-refractivity contribution is 5.97. The number of carbonyl (C=O) groups excluding carboxylic acids is 1. The number of anilines is 1. The van der Waals surface area contributed by atoms with Crippen LogP contribution in [0.4, 0.5) is 5.69 Å². The molecule has 8 nitrogen and oxygen atoms in total. The van der Waals surface area contributed by atoms with E-state index in [4.69, 9.17) is 19.8 Å². The van der Waals surface area contributed by atoms with Gasteiger partial charge in [0.2, 0.25) is 0 Å². The van der Waals surface area contributed by atoms with Gasteiger partial charge in [0.1, 0.15) is 11.6 Å². The van der Waals surface area contributed by atoms with Gasteiger partial charge in [-0.3, -0.25) is 9.59 Å². The molecule has 140 valence electrons. The first kappa shape index (κ1) is 20.8. The fourth-order valence-electron chi connectivity index (χ4n) is 1.98. The molecule has 0 saturated heterocycles. The van der Waals surface area contributed by atoms with E-state index in [1.54, 1.807) is 18.2 Å². The van der Waals surface area contributed by atoms with E-state index in [0.717, 1.165) is 0 Å². The number of aliphatic carboxylic acids is 1. The Morgan fingerprint density at radius 1 is 1.23 bits per heavy atom. The first-order valence-electron chi connectivity index (χ1n) is 8.28. The lowest BCUT2D eigenvalue weighted by atomic mass is 10.2. The second kappa shape index (κ2) is 11.4. The van der Waals surface area contributed by atoms with Gasteiger partial charge in [0.15, 0.2) is 11.5 Å². The Hall–Kier alpha value is -3.21. The van der Waals surface area contributed by atoms with Crippen molar-refractivity contribution in [2.75, 3.05) is 25.1 Å². The number of carboxylic acid groups (broad SMARTS) is 1. The Bertz CT molecular complexity index is 695. The predicted molar refractivity (Wildman–Crippen MR) is 96.0 cm³/mol. The Kier molecular flexibility index (Phi) is 9.10. The molecule has 1 aromatic rings. The minimum absolute atomic E-state index is 0.0451. The van der Waals surface area contributed by atoms with Crippen molar-refractivity contribution < 1.29 is 24.2 Å². The molecule has 0 saturated carbocycles. The Morgan fingerprint density at radius 2 is 1.92 bits per heavy atom. The van der Waals surface area contributed by atoms with E-state index in [1.165, 1.54) is 6.20 Å². The van der Waals surface area contributed by atoms with E-state index in [0.29, 0.717) is 36.8 Å². The van der Waals surface area contributed by atoms with Crippen molar-refractivity contribution in [2.45, 2.75) is 26.7 Å². The van der Waals surface area contributed by atoms with Crippen LogP contribution in [0.2, 0.25) is 0 Å². The minimum Gasteiger partial charge on any atom is -0.490 e. The van der Waals surface area contributed by atoms with Crippen molar-refractivity contribution in [1.82, 2.24) is 5.32 Å². The van der Waals surface area contributed by atoms with E-state index in [-0.39, 0.29) is 18.5 Å². The first-order valence-corrected chi connectivity index (χ1v) is 8.28. The molecule has 3 N–H and O–H groups in total. The Labute approximate surface area is 152 Å². The highest BCUT2D eigenvalue weighted by atomic mass is 16.5. The van der Waals surface area contributed by atoms with Crippen molar-refractivity contribution in [3.63, 3.8) is 0 Å². The maximum absolute atomic E-state index is 11.9. The molecule has 0 fully saturated rings. The molecular weight excluding hydrogens is 338 g/mol. The Morgan fingerprint density at radius 3 is 2.54 bits per heavy atom. The number of nitrogens with one attached hydrogen (secondary N) is 2. The van der Waals surface area contributed by atoms with Crippen LogP contribution in [0.3, 0.4) is 0 Å². The van der Waals surface area contributed by atoms with Gasteiger partial charge in [-0.2, -0.15) is 5.26 Å². The van der Waals surface area contributed by atoms with Crippen LogP contribution < -0.4 is 20.1 Å². The smallest absolute Gasteiger partial charge is 0.303 e. The number of carbonyl (C=O) groups is 2. The molecule has 0 aromatic heterocycles. The molecule has 0 unspecified atom stereocenters. The zero-order valence-electron chi connectivity index (χ0n) is 14.9. The molecule has 0 atom stereocenters. The number of ether oxygens (including phenoxy) is 2. The van der Waals surface area contributed by atoms with Crippen LogP contribution in [0, 0.1) is 11.3 Å². The third kappa shape index (κ3) is 7.13. The van der Waals surface area contributed by atoms with Gasteiger partial charge in [0.25, 0.3) is 5.91 Å². The van der Waals surface area contributed by atoms with Crippen LogP contribution in [0.15, 0.2) is 30.0 Å². The van der Waals surface area contributed by atoms with Crippen molar-refractivity contribution in [1.29, 1.82) is 5.26 Å². The normalized spacial score (nSPS) is 10.6. The summed E-state index contributed by atoms with van der Waals surface area (Å²) in [4.78, 5) is 22.3. The van der Waals surface area contributed by atoms with Gasteiger partial charge in [-0.05, 0) is 32.4 Å². The van der Waals surface area contributed by atoms with Crippen LogP contribution >= 0.6 is 0 Å². The van der Waals surface area contributed by atoms with E-state index in [1.807, 2.05) is 19.9 Å². The van der Waals surface area contributed by atoms with Crippen LogP contribution in [0.1, 0.15) is 26.7 Å². The molecule has 0 radical (unpaired) electrons. The fraction of sp³-hybridized carbons (Fsp3) is 0.389. The summed E-state index contributed by atoms with van der Waals surface area (Å²) in [7, 11) is 0. The molecule has 0 bridgehead atoms. The van der Waals surface area contributed by atoms with Gasteiger partial charge in [-0.1, -0.05) is 0 Å². The van der Waals surface area contributed by atoms with Crippen molar-refractivity contribution in [2.24, 2.45) is 0 Å². The molecular formula is C18H23N3O5. The molecule has 26 heavy (non-hydrogen) atoms.